The lowest BCUT2D eigenvalue weighted by Gasteiger charge is -2.18. The van der Waals surface area contributed by atoms with Gasteiger partial charge in [-0.3, -0.25) is 4.18 Å². The molecule has 0 aromatic heterocycles. The van der Waals surface area contributed by atoms with Crippen LogP contribution in [0.1, 0.15) is 52.7 Å². The zero-order chi connectivity index (χ0) is 16.9. The van der Waals surface area contributed by atoms with Crippen molar-refractivity contribution in [3.63, 3.8) is 0 Å². The highest BCUT2D eigenvalue weighted by molar-refractivity contribution is 7.86. The Bertz CT molecular complexity index is 572. The second-order valence-electron chi connectivity index (χ2n) is 7.22. The Balaban J connectivity index is 3.27. The molecule has 0 saturated heterocycles. The zero-order valence-corrected chi connectivity index (χ0v) is 15.5. The van der Waals surface area contributed by atoms with Crippen LogP contribution in [0.25, 0.3) is 0 Å². The van der Waals surface area contributed by atoms with E-state index in [2.05, 4.69) is 27.7 Å². The summed E-state index contributed by atoms with van der Waals surface area (Å²) < 4.78 is 30.3. The molecule has 0 radical (unpaired) electrons. The molecule has 22 heavy (non-hydrogen) atoms. The van der Waals surface area contributed by atoms with E-state index in [1.54, 1.807) is 6.07 Å². The first-order chi connectivity index (χ1) is 10.1. The largest absolute Gasteiger partial charge is 0.297 e. The number of benzene rings is 1. The summed E-state index contributed by atoms with van der Waals surface area (Å²) in [6.45, 7) is 12.6. The number of hydrogen-bond acceptors (Lipinski definition) is 3. The summed E-state index contributed by atoms with van der Waals surface area (Å²) in [5, 5.41) is 0. The van der Waals surface area contributed by atoms with E-state index in [-0.39, 0.29) is 12.5 Å². The highest BCUT2D eigenvalue weighted by Gasteiger charge is 2.22. The van der Waals surface area contributed by atoms with E-state index < -0.39 is 10.1 Å². The molecule has 4 heteroatoms. The van der Waals surface area contributed by atoms with Crippen LogP contribution in [-0.2, 0) is 27.1 Å². The van der Waals surface area contributed by atoms with Gasteiger partial charge in [-0.2, -0.15) is 8.42 Å². The first-order valence-corrected chi connectivity index (χ1v) is 9.54. The van der Waals surface area contributed by atoms with Gasteiger partial charge in [-0.05, 0) is 47.8 Å². The molecule has 0 heterocycles. The van der Waals surface area contributed by atoms with Gasteiger partial charge in [-0.15, -0.1) is 0 Å². The van der Waals surface area contributed by atoms with Crippen LogP contribution in [0.2, 0.25) is 0 Å². The Hall–Kier alpha value is -0.870. The van der Waals surface area contributed by atoms with Gasteiger partial charge >= 0.3 is 0 Å². The van der Waals surface area contributed by atoms with Gasteiger partial charge in [-0.25, -0.2) is 0 Å². The number of rotatable bonds is 8. The second-order valence-corrected chi connectivity index (χ2v) is 8.81. The van der Waals surface area contributed by atoms with E-state index >= 15 is 0 Å². The smallest absolute Gasteiger partial charge is 0.266 e. The van der Waals surface area contributed by atoms with Gasteiger partial charge in [0.05, 0.1) is 11.5 Å². The molecule has 0 saturated carbocycles. The van der Waals surface area contributed by atoms with Crippen LogP contribution in [-0.4, -0.2) is 15.0 Å². The van der Waals surface area contributed by atoms with Gasteiger partial charge in [0.15, 0.2) is 0 Å². The molecule has 3 nitrogen and oxygen atoms in total. The minimum absolute atomic E-state index is 0.183. The molecular formula is C18H30O3S. The lowest BCUT2D eigenvalue weighted by Crippen LogP contribution is -2.15. The van der Waals surface area contributed by atoms with Crippen LogP contribution in [0.5, 0.6) is 0 Å². The Morgan fingerprint density at radius 3 is 2.00 bits per heavy atom. The third kappa shape index (κ3) is 5.73. The van der Waals surface area contributed by atoms with E-state index in [4.69, 9.17) is 4.18 Å². The second kappa shape index (κ2) is 8.11. The minimum atomic E-state index is -3.69. The molecule has 0 bridgehead atoms. The summed E-state index contributed by atoms with van der Waals surface area (Å²) in [5.74, 6) is 1.06. The van der Waals surface area contributed by atoms with Crippen molar-refractivity contribution in [2.45, 2.75) is 59.3 Å². The average Bonchev–Trinajstić information content (AvgIpc) is 2.37. The molecule has 0 N–H and O–H groups in total. The minimum Gasteiger partial charge on any atom is -0.266 e. The monoisotopic (exact) mass is 326 g/mol. The maximum Gasteiger partial charge on any atom is 0.297 e. The predicted octanol–water partition coefficient (Wildman–Crippen LogP) is 4.44. The van der Waals surface area contributed by atoms with Gasteiger partial charge in [0.2, 0.25) is 0 Å². The van der Waals surface area contributed by atoms with Gasteiger partial charge < -0.3 is 0 Å². The van der Waals surface area contributed by atoms with Crippen molar-refractivity contribution in [2.24, 2.45) is 17.8 Å². The quantitative estimate of drug-likeness (QED) is 0.663. The summed E-state index contributed by atoms with van der Waals surface area (Å²) in [5.41, 5.74) is 2.05. The van der Waals surface area contributed by atoms with E-state index in [1.807, 2.05) is 26.0 Å². The molecule has 0 amide bonds. The Labute approximate surface area is 136 Å². The van der Waals surface area contributed by atoms with Crippen LogP contribution < -0.4 is 0 Å². The fourth-order valence-corrected chi connectivity index (χ4v) is 3.75. The molecule has 0 fully saturated rings. The van der Waals surface area contributed by atoms with Gasteiger partial charge in [0.25, 0.3) is 10.1 Å². The van der Waals surface area contributed by atoms with Crippen molar-refractivity contribution < 1.29 is 12.6 Å². The predicted molar refractivity (Wildman–Crippen MR) is 91.5 cm³/mol. The fraction of sp³-hybridized carbons (Fsp3) is 0.667. The third-order valence-corrected chi connectivity index (χ3v) is 4.66. The Morgan fingerprint density at radius 1 is 0.909 bits per heavy atom. The molecular weight excluding hydrogens is 296 g/mol. The van der Waals surface area contributed by atoms with Crippen LogP contribution in [0, 0.1) is 17.8 Å². The average molecular weight is 327 g/mol. The van der Waals surface area contributed by atoms with E-state index in [0.717, 1.165) is 24.0 Å². The van der Waals surface area contributed by atoms with E-state index in [0.29, 0.717) is 16.7 Å². The fourth-order valence-electron chi connectivity index (χ4n) is 2.41. The van der Waals surface area contributed by atoms with Crippen LogP contribution in [0.4, 0.5) is 0 Å². The van der Waals surface area contributed by atoms with E-state index in [1.165, 1.54) is 0 Å². The summed E-state index contributed by atoms with van der Waals surface area (Å²) in [6.07, 6.45) is 1.64. The Morgan fingerprint density at radius 2 is 1.50 bits per heavy atom. The molecule has 1 aromatic carbocycles. The van der Waals surface area contributed by atoms with Gasteiger partial charge in [0.1, 0.15) is 0 Å². The molecule has 1 rings (SSSR count). The molecule has 0 spiro atoms. The van der Waals surface area contributed by atoms with Crippen molar-refractivity contribution >= 4 is 10.1 Å². The first kappa shape index (κ1) is 19.2. The maximum absolute atomic E-state index is 12.6. The third-order valence-electron chi connectivity index (χ3n) is 3.30. The molecule has 0 unspecified atom stereocenters. The van der Waals surface area contributed by atoms with Crippen LogP contribution >= 0.6 is 0 Å². The summed E-state index contributed by atoms with van der Waals surface area (Å²) >= 11 is 0. The van der Waals surface area contributed by atoms with Crippen molar-refractivity contribution in [3.8, 4) is 0 Å². The van der Waals surface area contributed by atoms with Gasteiger partial charge in [-0.1, -0.05) is 53.7 Å². The van der Waals surface area contributed by atoms with Crippen molar-refractivity contribution in [1.29, 1.82) is 0 Å². The van der Waals surface area contributed by atoms with Crippen LogP contribution in [0.3, 0.4) is 0 Å². The normalized spacial score (nSPS) is 12.6. The Kier molecular flexibility index (Phi) is 7.07. The topological polar surface area (TPSA) is 43.4 Å². The molecule has 0 aliphatic rings. The van der Waals surface area contributed by atoms with E-state index in [9.17, 15) is 8.42 Å². The van der Waals surface area contributed by atoms with Crippen molar-refractivity contribution in [2.75, 3.05) is 6.61 Å². The highest BCUT2D eigenvalue weighted by atomic mass is 32.2. The molecule has 0 atom stereocenters. The summed E-state index contributed by atoms with van der Waals surface area (Å²) in [6, 6.07) is 5.55. The summed E-state index contributed by atoms with van der Waals surface area (Å²) in [4.78, 5) is 0.347. The standard InChI is InChI=1S/C18H30O3S/c1-13(2)10-16-8-7-9-18(17(16)11-14(3)4)22(19,20)21-12-15(5)6/h7-9,13-15H,10-12H2,1-6H3. The SMILES string of the molecule is CC(C)COS(=O)(=O)c1cccc(CC(C)C)c1CC(C)C. The zero-order valence-electron chi connectivity index (χ0n) is 14.7. The van der Waals surface area contributed by atoms with Crippen molar-refractivity contribution in [1.82, 2.24) is 0 Å². The highest BCUT2D eigenvalue weighted by Crippen LogP contribution is 2.26. The van der Waals surface area contributed by atoms with Crippen molar-refractivity contribution in [3.05, 3.63) is 29.3 Å². The molecule has 126 valence electrons. The number of hydrogen-bond donors (Lipinski definition) is 0. The summed E-state index contributed by atoms with van der Waals surface area (Å²) in [7, 11) is -3.69. The maximum atomic E-state index is 12.6. The molecule has 1 aromatic rings. The van der Waals surface area contributed by atoms with Crippen LogP contribution in [0.15, 0.2) is 23.1 Å². The first-order valence-electron chi connectivity index (χ1n) is 8.13. The molecule has 0 aliphatic carbocycles. The lowest BCUT2D eigenvalue weighted by molar-refractivity contribution is 0.275. The molecule has 0 aliphatic heterocycles. The van der Waals surface area contributed by atoms with Gasteiger partial charge in [0, 0.05) is 0 Å². The lowest BCUT2D eigenvalue weighted by atomic mass is 9.93.